The molecule has 0 radical (unpaired) electrons. The van der Waals surface area contributed by atoms with Crippen LogP contribution in [-0.4, -0.2) is 28.8 Å². The zero-order valence-corrected chi connectivity index (χ0v) is 11.8. The average Bonchev–Trinajstić information content (AvgIpc) is 2.77. The van der Waals surface area contributed by atoms with Crippen molar-refractivity contribution in [2.24, 2.45) is 5.92 Å². The van der Waals surface area contributed by atoms with Crippen molar-refractivity contribution in [3.05, 3.63) is 24.0 Å². The van der Waals surface area contributed by atoms with E-state index in [1.54, 1.807) is 6.20 Å². The van der Waals surface area contributed by atoms with Crippen molar-refractivity contribution in [2.75, 3.05) is 6.54 Å². The Morgan fingerprint density at radius 1 is 1.42 bits per heavy atom. The zero-order chi connectivity index (χ0) is 13.7. The lowest BCUT2D eigenvalue weighted by atomic mass is 10.2. The van der Waals surface area contributed by atoms with Gasteiger partial charge in [0.25, 0.3) is 0 Å². The molecule has 2 unspecified atom stereocenters. The Kier molecular flexibility index (Phi) is 5.16. The number of aliphatic hydroxyl groups is 1. The maximum absolute atomic E-state index is 9.72. The van der Waals surface area contributed by atoms with Crippen molar-refractivity contribution in [2.45, 2.75) is 51.9 Å². The molecule has 1 saturated carbocycles. The molecule has 2 N–H and O–H groups in total. The van der Waals surface area contributed by atoms with Gasteiger partial charge in [0.15, 0.2) is 0 Å². The Bertz CT molecular complexity index is 378. The Hall–Kier alpha value is -1.13. The van der Waals surface area contributed by atoms with Crippen molar-refractivity contribution in [3.63, 3.8) is 0 Å². The van der Waals surface area contributed by atoms with Gasteiger partial charge in [0, 0.05) is 6.54 Å². The largest absolute Gasteiger partial charge is 0.486 e. The van der Waals surface area contributed by atoms with Crippen molar-refractivity contribution in [1.82, 2.24) is 10.3 Å². The molecule has 0 bridgehead atoms. The Balaban J connectivity index is 1.81. The number of rotatable bonds is 6. The van der Waals surface area contributed by atoms with E-state index in [-0.39, 0.29) is 12.2 Å². The van der Waals surface area contributed by atoms with E-state index in [2.05, 4.69) is 24.1 Å². The van der Waals surface area contributed by atoms with Crippen LogP contribution in [-0.2, 0) is 6.54 Å². The summed E-state index contributed by atoms with van der Waals surface area (Å²) in [7, 11) is 0. The first kappa shape index (κ1) is 14.3. The monoisotopic (exact) mass is 264 g/mol. The number of hydrogen-bond acceptors (Lipinski definition) is 4. The Morgan fingerprint density at radius 3 is 2.84 bits per heavy atom. The van der Waals surface area contributed by atoms with Gasteiger partial charge in [0.05, 0.1) is 18.0 Å². The Labute approximate surface area is 115 Å². The average molecular weight is 264 g/mol. The highest BCUT2D eigenvalue weighted by molar-refractivity contribution is 5.20. The van der Waals surface area contributed by atoms with Gasteiger partial charge in [-0.3, -0.25) is 4.98 Å². The summed E-state index contributed by atoms with van der Waals surface area (Å²) in [5.41, 5.74) is 1.01. The fourth-order valence-electron chi connectivity index (χ4n) is 2.29. The normalized spacial score (nSPS) is 22.9. The van der Waals surface area contributed by atoms with Crippen molar-refractivity contribution < 1.29 is 9.84 Å². The summed E-state index contributed by atoms with van der Waals surface area (Å²) >= 11 is 0. The summed E-state index contributed by atoms with van der Waals surface area (Å²) in [6.45, 7) is 6.15. The molecule has 1 aromatic rings. The second-order valence-corrected chi connectivity index (χ2v) is 5.66. The molecule has 4 heteroatoms. The van der Waals surface area contributed by atoms with Gasteiger partial charge in [0.1, 0.15) is 11.9 Å². The predicted molar refractivity (Wildman–Crippen MR) is 75.1 cm³/mol. The van der Waals surface area contributed by atoms with E-state index in [9.17, 15) is 5.11 Å². The van der Waals surface area contributed by atoms with Gasteiger partial charge in [-0.1, -0.05) is 13.8 Å². The van der Waals surface area contributed by atoms with Gasteiger partial charge < -0.3 is 15.2 Å². The summed E-state index contributed by atoms with van der Waals surface area (Å²) in [6.07, 6.45) is 4.17. The molecular formula is C15H24N2O2. The van der Waals surface area contributed by atoms with Crippen LogP contribution in [0.25, 0.3) is 0 Å². The third kappa shape index (κ3) is 4.48. The Morgan fingerprint density at radius 2 is 2.26 bits per heavy atom. The van der Waals surface area contributed by atoms with E-state index in [1.807, 2.05) is 12.1 Å². The van der Waals surface area contributed by atoms with E-state index >= 15 is 0 Å². The second kappa shape index (κ2) is 6.87. The lowest BCUT2D eigenvalue weighted by Crippen LogP contribution is -2.25. The summed E-state index contributed by atoms with van der Waals surface area (Å²) in [5, 5.41) is 13.1. The predicted octanol–water partition coefficient (Wildman–Crippen LogP) is 2.12. The molecule has 1 aromatic heterocycles. The highest BCUT2D eigenvalue weighted by atomic mass is 16.5. The third-order valence-electron chi connectivity index (χ3n) is 3.36. The molecule has 1 fully saturated rings. The number of nitrogens with one attached hydrogen (secondary N) is 1. The number of aromatic nitrogens is 1. The van der Waals surface area contributed by atoms with E-state index < -0.39 is 0 Å². The van der Waals surface area contributed by atoms with Crippen LogP contribution in [0.1, 0.15) is 38.8 Å². The van der Waals surface area contributed by atoms with Gasteiger partial charge in [-0.25, -0.2) is 0 Å². The van der Waals surface area contributed by atoms with Crippen LogP contribution in [0.3, 0.4) is 0 Å². The van der Waals surface area contributed by atoms with Crippen LogP contribution in [0.2, 0.25) is 0 Å². The van der Waals surface area contributed by atoms with Crippen molar-refractivity contribution in [3.8, 4) is 5.75 Å². The molecule has 2 atom stereocenters. The lowest BCUT2D eigenvalue weighted by molar-refractivity contribution is 0.0601. The van der Waals surface area contributed by atoms with Gasteiger partial charge in [-0.2, -0.15) is 0 Å². The molecule has 0 aromatic carbocycles. The number of hydrogen-bond donors (Lipinski definition) is 2. The zero-order valence-electron chi connectivity index (χ0n) is 11.8. The highest BCUT2D eigenvalue weighted by Gasteiger charge is 2.26. The summed E-state index contributed by atoms with van der Waals surface area (Å²) < 4.78 is 5.75. The van der Waals surface area contributed by atoms with E-state index in [0.717, 1.165) is 43.8 Å². The van der Waals surface area contributed by atoms with Gasteiger partial charge in [-0.05, 0) is 43.9 Å². The van der Waals surface area contributed by atoms with Crippen molar-refractivity contribution >= 4 is 0 Å². The summed E-state index contributed by atoms with van der Waals surface area (Å²) in [4.78, 5) is 4.37. The topological polar surface area (TPSA) is 54.4 Å². The highest BCUT2D eigenvalue weighted by Crippen LogP contribution is 2.24. The molecule has 0 saturated heterocycles. The molecule has 1 aliphatic carbocycles. The van der Waals surface area contributed by atoms with E-state index in [0.29, 0.717) is 5.92 Å². The SMILES string of the molecule is CC(C)CNCc1ccc(OC2CCCC2O)cn1. The fraction of sp³-hybridized carbons (Fsp3) is 0.667. The van der Waals surface area contributed by atoms with E-state index in [4.69, 9.17) is 4.74 Å². The first-order valence-corrected chi connectivity index (χ1v) is 7.15. The maximum atomic E-state index is 9.72. The minimum absolute atomic E-state index is 0.0632. The maximum Gasteiger partial charge on any atom is 0.138 e. The van der Waals surface area contributed by atoms with E-state index in [1.165, 1.54) is 0 Å². The number of nitrogens with zero attached hydrogens (tertiary/aromatic N) is 1. The second-order valence-electron chi connectivity index (χ2n) is 5.66. The quantitative estimate of drug-likeness (QED) is 0.826. The number of aliphatic hydroxyl groups excluding tert-OH is 1. The van der Waals surface area contributed by atoms with Gasteiger partial charge in [-0.15, -0.1) is 0 Å². The minimum Gasteiger partial charge on any atom is -0.486 e. The molecule has 0 aliphatic heterocycles. The molecule has 106 valence electrons. The first-order valence-electron chi connectivity index (χ1n) is 7.15. The third-order valence-corrected chi connectivity index (χ3v) is 3.36. The van der Waals surface area contributed by atoms with Crippen LogP contribution in [0.4, 0.5) is 0 Å². The van der Waals surface area contributed by atoms with Gasteiger partial charge in [0.2, 0.25) is 0 Å². The minimum atomic E-state index is -0.326. The standard InChI is InChI=1S/C15H24N2O2/c1-11(2)8-16-9-12-6-7-13(10-17-12)19-15-5-3-4-14(15)18/h6-7,10-11,14-16,18H,3-5,8-9H2,1-2H3. The van der Waals surface area contributed by atoms with Crippen LogP contribution in [0.15, 0.2) is 18.3 Å². The van der Waals surface area contributed by atoms with Crippen LogP contribution < -0.4 is 10.1 Å². The molecule has 1 heterocycles. The molecule has 0 amide bonds. The van der Waals surface area contributed by atoms with Crippen LogP contribution >= 0.6 is 0 Å². The van der Waals surface area contributed by atoms with Gasteiger partial charge >= 0.3 is 0 Å². The molecular weight excluding hydrogens is 240 g/mol. The molecule has 4 nitrogen and oxygen atoms in total. The summed E-state index contributed by atoms with van der Waals surface area (Å²) in [6, 6.07) is 3.91. The molecule has 1 aliphatic rings. The summed E-state index contributed by atoms with van der Waals surface area (Å²) in [5.74, 6) is 1.39. The molecule has 2 rings (SSSR count). The van der Waals surface area contributed by atoms with Crippen LogP contribution in [0, 0.1) is 5.92 Å². The lowest BCUT2D eigenvalue weighted by Gasteiger charge is -2.16. The number of pyridine rings is 1. The molecule has 0 spiro atoms. The van der Waals surface area contributed by atoms with Crippen molar-refractivity contribution in [1.29, 1.82) is 0 Å². The first-order chi connectivity index (χ1) is 9.15. The molecule has 19 heavy (non-hydrogen) atoms. The number of ether oxygens (including phenoxy) is 1. The fourth-order valence-corrected chi connectivity index (χ4v) is 2.29. The van der Waals surface area contributed by atoms with Crippen LogP contribution in [0.5, 0.6) is 5.75 Å². The smallest absolute Gasteiger partial charge is 0.138 e.